The molecule has 1 fully saturated rings. The summed E-state index contributed by atoms with van der Waals surface area (Å²) in [6, 6.07) is 12.2. The highest BCUT2D eigenvalue weighted by molar-refractivity contribution is 8.00. The summed E-state index contributed by atoms with van der Waals surface area (Å²) in [5.74, 6) is 0.758. The van der Waals surface area contributed by atoms with Gasteiger partial charge in [0, 0.05) is 28.8 Å². The molecule has 0 saturated carbocycles. The zero-order valence-electron chi connectivity index (χ0n) is 12.0. The first kappa shape index (κ1) is 14.0. The van der Waals surface area contributed by atoms with Gasteiger partial charge in [0.2, 0.25) is 0 Å². The topological polar surface area (TPSA) is 3.24 Å². The molecule has 2 rings (SSSR count). The Morgan fingerprint density at radius 1 is 1.11 bits per heavy atom. The van der Waals surface area contributed by atoms with Crippen molar-refractivity contribution < 1.29 is 0 Å². The maximum absolute atomic E-state index is 2.69. The summed E-state index contributed by atoms with van der Waals surface area (Å²) in [6.07, 6.45) is 1.33. The van der Waals surface area contributed by atoms with Gasteiger partial charge in [-0.05, 0) is 38.3 Å². The van der Waals surface area contributed by atoms with Crippen LogP contribution < -0.4 is 0 Å². The lowest BCUT2D eigenvalue weighted by Gasteiger charge is -2.30. The monoisotopic (exact) mass is 263 g/mol. The standard InChI is InChI=1S/C16H25NS/c1-12(2)16-10-15(11-17(16)13(3)4)18-14-8-6-5-7-9-14/h5-9,12-13,15-16H,10-11H2,1-4H3. The highest BCUT2D eigenvalue weighted by Gasteiger charge is 2.35. The maximum atomic E-state index is 2.69. The Balaban J connectivity index is 2.00. The second-order valence-corrected chi connectivity index (χ2v) is 7.26. The molecule has 1 saturated heterocycles. The number of thioether (sulfide) groups is 1. The van der Waals surface area contributed by atoms with Gasteiger partial charge in [-0.2, -0.15) is 0 Å². The van der Waals surface area contributed by atoms with E-state index in [1.807, 2.05) is 0 Å². The quantitative estimate of drug-likeness (QED) is 0.797. The van der Waals surface area contributed by atoms with Crippen LogP contribution in [0.5, 0.6) is 0 Å². The highest BCUT2D eigenvalue weighted by Crippen LogP contribution is 2.36. The average Bonchev–Trinajstić information content (AvgIpc) is 2.74. The van der Waals surface area contributed by atoms with Crippen LogP contribution in [0.2, 0.25) is 0 Å². The fourth-order valence-electron chi connectivity index (χ4n) is 2.88. The molecule has 0 amide bonds. The second kappa shape index (κ2) is 6.12. The molecule has 1 aromatic carbocycles. The van der Waals surface area contributed by atoms with Crippen molar-refractivity contribution in [1.82, 2.24) is 4.90 Å². The molecule has 2 atom stereocenters. The Bertz CT molecular complexity index is 345. The lowest BCUT2D eigenvalue weighted by Crippen LogP contribution is -2.38. The summed E-state index contributed by atoms with van der Waals surface area (Å²) in [6.45, 7) is 10.6. The van der Waals surface area contributed by atoms with Gasteiger partial charge in [-0.3, -0.25) is 4.90 Å². The van der Waals surface area contributed by atoms with Crippen molar-refractivity contribution in [1.29, 1.82) is 0 Å². The normalized spacial score (nSPS) is 25.2. The summed E-state index contributed by atoms with van der Waals surface area (Å²) >= 11 is 2.05. The van der Waals surface area contributed by atoms with Gasteiger partial charge in [0.15, 0.2) is 0 Å². The summed E-state index contributed by atoms with van der Waals surface area (Å²) in [4.78, 5) is 4.10. The lowest BCUT2D eigenvalue weighted by molar-refractivity contribution is 0.166. The molecule has 1 aliphatic heterocycles. The number of hydrogen-bond acceptors (Lipinski definition) is 2. The van der Waals surface area contributed by atoms with E-state index in [4.69, 9.17) is 0 Å². The van der Waals surface area contributed by atoms with Crippen molar-refractivity contribution >= 4 is 11.8 Å². The van der Waals surface area contributed by atoms with E-state index in [2.05, 4.69) is 74.7 Å². The Labute approximate surface area is 116 Å². The third-order valence-electron chi connectivity index (χ3n) is 3.82. The van der Waals surface area contributed by atoms with Crippen LogP contribution in [0.3, 0.4) is 0 Å². The predicted molar refractivity (Wildman–Crippen MR) is 81.2 cm³/mol. The van der Waals surface area contributed by atoms with E-state index in [0.29, 0.717) is 6.04 Å². The number of nitrogens with zero attached hydrogens (tertiary/aromatic N) is 1. The van der Waals surface area contributed by atoms with Gasteiger partial charge in [-0.15, -0.1) is 11.8 Å². The van der Waals surface area contributed by atoms with Crippen LogP contribution in [0.15, 0.2) is 35.2 Å². The van der Waals surface area contributed by atoms with Gasteiger partial charge < -0.3 is 0 Å². The summed E-state index contributed by atoms with van der Waals surface area (Å²) < 4.78 is 0. The number of likely N-dealkylation sites (tertiary alicyclic amines) is 1. The van der Waals surface area contributed by atoms with Gasteiger partial charge in [0.25, 0.3) is 0 Å². The lowest BCUT2D eigenvalue weighted by atomic mass is 10.0. The smallest absolute Gasteiger partial charge is 0.0237 e. The molecule has 0 bridgehead atoms. The zero-order valence-corrected chi connectivity index (χ0v) is 12.8. The van der Waals surface area contributed by atoms with E-state index < -0.39 is 0 Å². The van der Waals surface area contributed by atoms with E-state index in [1.165, 1.54) is 17.9 Å². The van der Waals surface area contributed by atoms with Crippen molar-refractivity contribution in [2.24, 2.45) is 5.92 Å². The second-order valence-electron chi connectivity index (χ2n) is 5.89. The van der Waals surface area contributed by atoms with Crippen LogP contribution in [0.25, 0.3) is 0 Å². The van der Waals surface area contributed by atoms with Crippen LogP contribution in [0, 0.1) is 5.92 Å². The maximum Gasteiger partial charge on any atom is 0.0237 e. The van der Waals surface area contributed by atoms with Crippen LogP contribution >= 0.6 is 11.8 Å². The fraction of sp³-hybridized carbons (Fsp3) is 0.625. The Hall–Kier alpha value is -0.470. The molecule has 2 unspecified atom stereocenters. The molecule has 18 heavy (non-hydrogen) atoms. The molecule has 2 heteroatoms. The minimum Gasteiger partial charge on any atom is -0.297 e. The summed E-state index contributed by atoms with van der Waals surface area (Å²) in [7, 11) is 0. The fourth-order valence-corrected chi connectivity index (χ4v) is 4.11. The molecule has 0 radical (unpaired) electrons. The molecule has 0 aromatic heterocycles. The minimum atomic E-state index is 0.666. The van der Waals surface area contributed by atoms with Gasteiger partial charge in [-0.25, -0.2) is 0 Å². The van der Waals surface area contributed by atoms with Crippen LogP contribution in [0.1, 0.15) is 34.1 Å². The number of hydrogen-bond donors (Lipinski definition) is 0. The van der Waals surface area contributed by atoms with Crippen molar-refractivity contribution in [2.75, 3.05) is 6.54 Å². The van der Waals surface area contributed by atoms with E-state index in [9.17, 15) is 0 Å². The Kier molecular flexibility index (Phi) is 4.74. The van der Waals surface area contributed by atoms with E-state index in [0.717, 1.165) is 17.2 Å². The SMILES string of the molecule is CC(C)C1CC(Sc2ccccc2)CN1C(C)C. The van der Waals surface area contributed by atoms with Gasteiger partial charge in [0.05, 0.1) is 0 Å². The first-order valence-corrected chi connectivity index (χ1v) is 7.93. The van der Waals surface area contributed by atoms with E-state index >= 15 is 0 Å². The first-order chi connectivity index (χ1) is 8.58. The predicted octanol–water partition coefficient (Wildman–Crippen LogP) is 4.29. The minimum absolute atomic E-state index is 0.666. The summed E-state index contributed by atoms with van der Waals surface area (Å²) in [5, 5.41) is 0.752. The molecule has 1 heterocycles. The molecule has 100 valence electrons. The molecule has 1 nitrogen and oxygen atoms in total. The molecular weight excluding hydrogens is 238 g/mol. The van der Waals surface area contributed by atoms with Gasteiger partial charge in [-0.1, -0.05) is 32.0 Å². The molecule has 0 aliphatic carbocycles. The Morgan fingerprint density at radius 2 is 1.78 bits per heavy atom. The number of rotatable bonds is 4. The van der Waals surface area contributed by atoms with Crippen LogP contribution in [0.4, 0.5) is 0 Å². The van der Waals surface area contributed by atoms with Crippen molar-refractivity contribution in [3.05, 3.63) is 30.3 Å². The highest BCUT2D eigenvalue weighted by atomic mass is 32.2. The summed E-state index contributed by atoms with van der Waals surface area (Å²) in [5.41, 5.74) is 0. The molecule has 1 aliphatic rings. The third kappa shape index (κ3) is 3.30. The van der Waals surface area contributed by atoms with E-state index in [-0.39, 0.29) is 0 Å². The van der Waals surface area contributed by atoms with Gasteiger partial charge >= 0.3 is 0 Å². The third-order valence-corrected chi connectivity index (χ3v) is 5.04. The zero-order chi connectivity index (χ0) is 13.1. The Morgan fingerprint density at radius 3 is 2.28 bits per heavy atom. The van der Waals surface area contributed by atoms with Crippen LogP contribution in [-0.4, -0.2) is 28.8 Å². The molecule has 0 spiro atoms. The van der Waals surface area contributed by atoms with Gasteiger partial charge in [0.1, 0.15) is 0 Å². The van der Waals surface area contributed by atoms with Crippen molar-refractivity contribution in [3.63, 3.8) is 0 Å². The van der Waals surface area contributed by atoms with Crippen molar-refractivity contribution in [3.8, 4) is 0 Å². The molecular formula is C16H25NS. The number of benzene rings is 1. The van der Waals surface area contributed by atoms with Crippen LogP contribution in [-0.2, 0) is 0 Å². The average molecular weight is 263 g/mol. The molecule has 1 aromatic rings. The first-order valence-electron chi connectivity index (χ1n) is 7.05. The molecule has 0 N–H and O–H groups in total. The van der Waals surface area contributed by atoms with Crippen molar-refractivity contribution in [2.45, 2.75) is 56.3 Å². The largest absolute Gasteiger partial charge is 0.297 e. The van der Waals surface area contributed by atoms with E-state index in [1.54, 1.807) is 0 Å².